The van der Waals surface area contributed by atoms with Crippen LogP contribution in [0.5, 0.6) is 0 Å². The normalized spacial score (nSPS) is 12.0. The summed E-state index contributed by atoms with van der Waals surface area (Å²) in [6.07, 6.45) is 0. The van der Waals surface area contributed by atoms with Crippen LogP contribution in [0.1, 0.15) is 0 Å². The van der Waals surface area contributed by atoms with Crippen LogP contribution in [0.4, 0.5) is 0 Å². The topological polar surface area (TPSA) is 35.6 Å². The molecule has 0 aliphatic carbocycles. The Morgan fingerprint density at radius 1 is 0.300 bits per heavy atom. The number of aromatic nitrogens is 4. The third-order valence-electron chi connectivity index (χ3n) is 12.5. The Hall–Kier alpha value is -8.08. The van der Waals surface area contributed by atoms with Crippen LogP contribution in [0.2, 0.25) is 0 Å². The van der Waals surface area contributed by atoms with Gasteiger partial charge in [-0.3, -0.25) is 0 Å². The Balaban J connectivity index is 1.02. The van der Waals surface area contributed by atoms with Crippen molar-refractivity contribution in [3.05, 3.63) is 206 Å². The zero-order valence-corrected chi connectivity index (χ0v) is 32.4. The minimum absolute atomic E-state index is 0.869. The van der Waals surface area contributed by atoms with Crippen LogP contribution in [-0.4, -0.2) is 19.1 Å². The van der Waals surface area contributed by atoms with E-state index < -0.39 is 0 Å². The van der Waals surface area contributed by atoms with Crippen LogP contribution >= 0.6 is 0 Å². The number of fused-ring (bicyclic) bond motifs is 11. The molecule has 60 heavy (non-hydrogen) atoms. The SMILES string of the molecule is c1ccc2cc3c(cc2c1)c1cc(-n2c4ccccc4c4c5ccccc5ccc42)ccc1n3-c1ccc(-c2nc3ccccc3nc2-c2cccc3ccccc23)cc1. The molecule has 0 amide bonds. The van der Waals surface area contributed by atoms with Crippen molar-refractivity contribution in [1.29, 1.82) is 0 Å². The van der Waals surface area contributed by atoms with Gasteiger partial charge in [0.1, 0.15) is 0 Å². The molecule has 0 spiro atoms. The van der Waals surface area contributed by atoms with Gasteiger partial charge < -0.3 is 9.13 Å². The van der Waals surface area contributed by atoms with Gasteiger partial charge in [-0.2, -0.15) is 0 Å². The first kappa shape index (κ1) is 32.9. The fourth-order valence-electron chi connectivity index (χ4n) is 9.72. The van der Waals surface area contributed by atoms with Crippen molar-refractivity contribution in [2.45, 2.75) is 0 Å². The zero-order chi connectivity index (χ0) is 39.3. The van der Waals surface area contributed by atoms with Gasteiger partial charge in [-0.05, 0) is 99.0 Å². The summed E-state index contributed by atoms with van der Waals surface area (Å²) in [5.41, 5.74) is 12.6. The first-order chi connectivity index (χ1) is 29.7. The lowest BCUT2D eigenvalue weighted by atomic mass is 9.98. The summed E-state index contributed by atoms with van der Waals surface area (Å²) in [5, 5.41) is 12.3. The Morgan fingerprint density at radius 3 is 1.65 bits per heavy atom. The van der Waals surface area contributed by atoms with E-state index in [1.807, 2.05) is 24.3 Å². The zero-order valence-electron chi connectivity index (χ0n) is 32.4. The highest BCUT2D eigenvalue weighted by Gasteiger charge is 2.20. The van der Waals surface area contributed by atoms with Crippen LogP contribution in [0, 0.1) is 0 Å². The van der Waals surface area contributed by atoms with E-state index >= 15 is 0 Å². The number of nitrogens with zero attached hydrogens (tertiary/aromatic N) is 4. The molecule has 4 nitrogen and oxygen atoms in total. The predicted octanol–water partition coefficient (Wildman–Crippen LogP) is 14.6. The Morgan fingerprint density at radius 2 is 0.850 bits per heavy atom. The molecule has 0 saturated carbocycles. The second kappa shape index (κ2) is 12.7. The Bertz CT molecular complexity index is 3880. The van der Waals surface area contributed by atoms with Gasteiger partial charge in [-0.1, -0.05) is 140 Å². The lowest BCUT2D eigenvalue weighted by molar-refractivity contribution is 1.17. The molecule has 0 bridgehead atoms. The minimum Gasteiger partial charge on any atom is -0.309 e. The molecular formula is C56H34N4. The Labute approximate surface area is 344 Å². The highest BCUT2D eigenvalue weighted by Crippen LogP contribution is 2.41. The van der Waals surface area contributed by atoms with Crippen molar-refractivity contribution < 1.29 is 0 Å². The van der Waals surface area contributed by atoms with E-state index in [9.17, 15) is 0 Å². The molecule has 0 N–H and O–H groups in total. The van der Waals surface area contributed by atoms with Crippen molar-refractivity contribution >= 4 is 87.0 Å². The van der Waals surface area contributed by atoms with Crippen molar-refractivity contribution in [3.63, 3.8) is 0 Å². The molecule has 0 atom stereocenters. The molecule has 3 aromatic heterocycles. The molecule has 0 radical (unpaired) electrons. The standard InChI is InChI=1S/C56H34N4/c1-2-15-39-33-53-46(32-38(39)14-1)47-34-41(60-50-23-10-7-19-45(50)54-43-18-6-4-13-36(43)26-30-52(54)60)29-31-51(47)59(53)40-27-24-37(25-28-40)55-56(58-49-22-9-8-21-48(49)57-55)44-20-11-16-35-12-3-5-17-42(35)44/h1-34H. The van der Waals surface area contributed by atoms with Crippen molar-refractivity contribution in [3.8, 4) is 33.9 Å². The lowest BCUT2D eigenvalue weighted by Gasteiger charge is -2.14. The molecule has 10 aromatic carbocycles. The quantitative estimate of drug-likeness (QED) is 0.179. The smallest absolute Gasteiger partial charge is 0.0979 e. The molecule has 4 heteroatoms. The second-order valence-corrected chi connectivity index (χ2v) is 15.8. The number of rotatable bonds is 4. The second-order valence-electron chi connectivity index (χ2n) is 15.8. The largest absolute Gasteiger partial charge is 0.309 e. The fourth-order valence-corrected chi connectivity index (χ4v) is 9.72. The fraction of sp³-hybridized carbons (Fsp3) is 0. The molecule has 0 saturated heterocycles. The van der Waals surface area contributed by atoms with Gasteiger partial charge in [0, 0.05) is 44.0 Å². The van der Waals surface area contributed by atoms with E-state index in [0.29, 0.717) is 0 Å². The van der Waals surface area contributed by atoms with Crippen LogP contribution in [0.15, 0.2) is 206 Å². The molecule has 0 unspecified atom stereocenters. The molecule has 278 valence electrons. The summed E-state index contributed by atoms with van der Waals surface area (Å²) in [5.74, 6) is 0. The van der Waals surface area contributed by atoms with Crippen LogP contribution in [-0.2, 0) is 0 Å². The summed E-state index contributed by atoms with van der Waals surface area (Å²) in [7, 11) is 0. The maximum Gasteiger partial charge on any atom is 0.0979 e. The molecule has 0 aliphatic rings. The third kappa shape index (κ3) is 4.85. The van der Waals surface area contributed by atoms with Crippen LogP contribution in [0.25, 0.3) is 121 Å². The Kier molecular flexibility index (Phi) is 6.98. The van der Waals surface area contributed by atoms with Crippen molar-refractivity contribution in [1.82, 2.24) is 19.1 Å². The van der Waals surface area contributed by atoms with Gasteiger partial charge in [0.15, 0.2) is 0 Å². The third-order valence-corrected chi connectivity index (χ3v) is 12.5. The van der Waals surface area contributed by atoms with E-state index in [4.69, 9.17) is 9.97 Å². The van der Waals surface area contributed by atoms with Crippen molar-refractivity contribution in [2.75, 3.05) is 0 Å². The number of para-hydroxylation sites is 3. The van der Waals surface area contributed by atoms with E-state index in [0.717, 1.165) is 55.8 Å². The number of hydrogen-bond donors (Lipinski definition) is 0. The minimum atomic E-state index is 0.869. The predicted molar refractivity (Wildman–Crippen MR) is 252 cm³/mol. The highest BCUT2D eigenvalue weighted by atomic mass is 15.0. The van der Waals surface area contributed by atoms with E-state index in [-0.39, 0.29) is 0 Å². The average Bonchev–Trinajstić information content (AvgIpc) is 3.82. The van der Waals surface area contributed by atoms with Crippen LogP contribution < -0.4 is 0 Å². The molecular weight excluding hydrogens is 729 g/mol. The van der Waals surface area contributed by atoms with Crippen LogP contribution in [0.3, 0.4) is 0 Å². The van der Waals surface area contributed by atoms with Gasteiger partial charge >= 0.3 is 0 Å². The molecule has 13 aromatic rings. The van der Waals surface area contributed by atoms with Crippen molar-refractivity contribution in [2.24, 2.45) is 0 Å². The summed E-state index contributed by atoms with van der Waals surface area (Å²) in [6, 6.07) is 74.4. The number of benzene rings is 10. The molecule has 0 aliphatic heterocycles. The van der Waals surface area contributed by atoms with Gasteiger partial charge in [-0.25, -0.2) is 9.97 Å². The maximum absolute atomic E-state index is 5.28. The average molecular weight is 763 g/mol. The molecule has 13 rings (SSSR count). The van der Waals surface area contributed by atoms with E-state index in [1.165, 1.54) is 65.0 Å². The molecule has 0 fully saturated rings. The maximum atomic E-state index is 5.28. The van der Waals surface area contributed by atoms with E-state index in [1.54, 1.807) is 0 Å². The first-order valence-corrected chi connectivity index (χ1v) is 20.5. The lowest BCUT2D eigenvalue weighted by Crippen LogP contribution is -1.98. The number of hydrogen-bond acceptors (Lipinski definition) is 2. The van der Waals surface area contributed by atoms with Gasteiger partial charge in [0.25, 0.3) is 0 Å². The summed E-state index contributed by atoms with van der Waals surface area (Å²) < 4.78 is 4.86. The van der Waals surface area contributed by atoms with Gasteiger partial charge in [0.2, 0.25) is 0 Å². The van der Waals surface area contributed by atoms with E-state index in [2.05, 4.69) is 191 Å². The monoisotopic (exact) mass is 762 g/mol. The summed E-state index contributed by atoms with van der Waals surface area (Å²) in [4.78, 5) is 10.5. The highest BCUT2D eigenvalue weighted by molar-refractivity contribution is 6.22. The summed E-state index contributed by atoms with van der Waals surface area (Å²) >= 11 is 0. The van der Waals surface area contributed by atoms with Gasteiger partial charge in [0.05, 0.1) is 44.5 Å². The van der Waals surface area contributed by atoms with Gasteiger partial charge in [-0.15, -0.1) is 0 Å². The molecule has 3 heterocycles. The first-order valence-electron chi connectivity index (χ1n) is 20.5. The summed E-state index contributed by atoms with van der Waals surface area (Å²) in [6.45, 7) is 0.